The molecule has 0 aliphatic heterocycles. The number of hydrogen-bond donors (Lipinski definition) is 2. The number of aliphatic hydroxyl groups is 1. The predicted molar refractivity (Wildman–Crippen MR) is 75.8 cm³/mol. The third-order valence-corrected chi connectivity index (χ3v) is 2.10. The molecule has 6 nitrogen and oxygen atoms in total. The molecule has 0 saturated carbocycles. The Labute approximate surface area is 147 Å². The predicted octanol–water partition coefficient (Wildman–Crippen LogP) is 1.62. The first-order valence-corrected chi connectivity index (χ1v) is 6.17. The van der Waals surface area contributed by atoms with Crippen LogP contribution >= 0.6 is 12.6 Å². The summed E-state index contributed by atoms with van der Waals surface area (Å²) in [5.74, 6) is 0.447. The number of rotatable bonds is 7. The normalized spacial score (nSPS) is 9.50. The van der Waals surface area contributed by atoms with E-state index in [0.29, 0.717) is 0 Å². The van der Waals surface area contributed by atoms with E-state index in [9.17, 15) is 9.90 Å². The second-order valence-corrected chi connectivity index (χ2v) is 3.50. The van der Waals surface area contributed by atoms with Gasteiger partial charge in [-0.2, -0.15) is 12.6 Å². The largest absolute Gasteiger partial charge is 0 e. The van der Waals surface area contributed by atoms with Crippen molar-refractivity contribution in [3.05, 3.63) is 44.3 Å². The van der Waals surface area contributed by atoms with Gasteiger partial charge >= 0.3 is 39.9 Å². The molecular formula is C14H18FeO6S. The number of methoxy groups -OCH3 is 1. The summed E-state index contributed by atoms with van der Waals surface area (Å²) in [6.07, 6.45) is 8.38. The molecule has 0 aromatic carbocycles. The topological polar surface area (TPSA) is 106 Å². The maximum Gasteiger partial charge on any atom is 0 e. The molecule has 0 radical (unpaired) electrons. The molecule has 0 aromatic heterocycles. The molecule has 22 heavy (non-hydrogen) atoms. The number of unbranched alkanes of at least 4 members (excludes halogenated alkanes) is 1. The Balaban J connectivity index is -0.000000122. The molecule has 0 aliphatic rings. The van der Waals surface area contributed by atoms with Crippen molar-refractivity contribution >= 4 is 18.6 Å². The Morgan fingerprint density at radius 3 is 2.09 bits per heavy atom. The van der Waals surface area contributed by atoms with Gasteiger partial charge in [-0.05, 0) is 25.0 Å². The van der Waals surface area contributed by atoms with E-state index in [2.05, 4.69) is 37.3 Å². The van der Waals surface area contributed by atoms with Crippen LogP contribution < -0.4 is 0 Å². The zero-order chi connectivity index (χ0) is 17.5. The van der Waals surface area contributed by atoms with Gasteiger partial charge < -0.3 is 9.84 Å². The van der Waals surface area contributed by atoms with Crippen LogP contribution in [0.1, 0.15) is 19.3 Å². The van der Waals surface area contributed by atoms with Crippen molar-refractivity contribution in [2.45, 2.75) is 25.4 Å². The van der Waals surface area contributed by atoms with Crippen LogP contribution in [-0.4, -0.2) is 30.0 Å². The molecule has 0 rings (SSSR count). The molecular weight excluding hydrogens is 352 g/mol. The van der Waals surface area contributed by atoms with E-state index >= 15 is 0 Å². The van der Waals surface area contributed by atoms with Gasteiger partial charge in [0.1, 0.15) is 0 Å². The van der Waals surface area contributed by atoms with Crippen LogP contribution in [-0.2, 0) is 40.6 Å². The minimum atomic E-state index is -0.452. The van der Waals surface area contributed by atoms with Crippen LogP contribution in [0.15, 0.2) is 24.3 Å². The average Bonchev–Trinajstić information content (AvgIpc) is 2.57. The quantitative estimate of drug-likeness (QED) is 0.104. The van der Waals surface area contributed by atoms with Crippen LogP contribution in [0.5, 0.6) is 0 Å². The summed E-state index contributed by atoms with van der Waals surface area (Å²) in [5.41, 5.74) is 0. The molecule has 0 aromatic rings. The van der Waals surface area contributed by atoms with Gasteiger partial charge in [-0.1, -0.05) is 18.2 Å². The minimum Gasteiger partial charge on any atom is 0 e. The van der Waals surface area contributed by atoms with E-state index in [1.54, 1.807) is 18.2 Å². The van der Waals surface area contributed by atoms with Crippen LogP contribution in [0.3, 0.4) is 0 Å². The molecule has 0 saturated heterocycles. The SMILES string of the molecule is COC(=O)/C=C/C=C/C(O)CCCCS.[C-]#[O+].[C-]#[O+].[C-]#[O+].[Fe]. The number of thiol groups is 1. The van der Waals surface area contributed by atoms with Crippen molar-refractivity contribution in [3.63, 3.8) is 0 Å². The van der Waals surface area contributed by atoms with Crippen molar-refractivity contribution in [2.24, 2.45) is 0 Å². The summed E-state index contributed by atoms with van der Waals surface area (Å²) >= 11 is 4.08. The first-order chi connectivity index (χ1) is 10.2. The fourth-order valence-corrected chi connectivity index (χ4v) is 1.18. The molecule has 1 unspecified atom stereocenters. The summed E-state index contributed by atoms with van der Waals surface area (Å²) in [5, 5.41) is 9.44. The van der Waals surface area contributed by atoms with Crippen molar-refractivity contribution in [2.75, 3.05) is 12.9 Å². The number of carbonyl (C=O) groups is 1. The molecule has 0 heterocycles. The summed E-state index contributed by atoms with van der Waals surface area (Å²) < 4.78 is 26.9. The fourth-order valence-electron chi connectivity index (χ4n) is 0.956. The summed E-state index contributed by atoms with van der Waals surface area (Å²) in [7, 11) is 1.32. The Morgan fingerprint density at radius 1 is 1.18 bits per heavy atom. The molecule has 0 amide bonds. The zero-order valence-corrected chi connectivity index (χ0v) is 14.0. The summed E-state index contributed by atoms with van der Waals surface area (Å²) in [6, 6.07) is 0. The van der Waals surface area contributed by atoms with Crippen molar-refractivity contribution in [1.29, 1.82) is 0 Å². The van der Waals surface area contributed by atoms with Crippen molar-refractivity contribution in [3.8, 4) is 0 Å². The van der Waals surface area contributed by atoms with E-state index in [1.165, 1.54) is 13.2 Å². The number of hydrogen-bond acceptors (Lipinski definition) is 4. The Hall–Kier alpha value is -1.00. The van der Waals surface area contributed by atoms with E-state index < -0.39 is 12.1 Å². The molecule has 8 heteroatoms. The van der Waals surface area contributed by atoms with E-state index in [0.717, 1.165) is 25.0 Å². The molecule has 0 bridgehead atoms. The molecule has 0 spiro atoms. The first-order valence-electron chi connectivity index (χ1n) is 5.53. The van der Waals surface area contributed by atoms with Crippen LogP contribution in [0, 0.1) is 20.0 Å². The van der Waals surface area contributed by atoms with E-state index in [4.69, 9.17) is 14.0 Å². The average molecular weight is 370 g/mol. The van der Waals surface area contributed by atoms with Gasteiger partial charge in [0.15, 0.2) is 0 Å². The van der Waals surface area contributed by atoms with E-state index in [-0.39, 0.29) is 17.1 Å². The standard InChI is InChI=1S/C11H18O3S.3CO.Fe/c1-14-11(13)8-3-2-6-10(12)7-4-5-9-15;3*1-2;/h2-3,6,8,10,12,15H,4-5,7,9H2,1H3;;;;/b6-2+,8-3+;;;;. The maximum atomic E-state index is 10.7. The minimum absolute atomic E-state index is 0. The van der Waals surface area contributed by atoms with Gasteiger partial charge in [0.05, 0.1) is 13.2 Å². The van der Waals surface area contributed by atoms with Gasteiger partial charge in [-0.15, -0.1) is 0 Å². The molecule has 0 fully saturated rings. The van der Waals surface area contributed by atoms with Gasteiger partial charge in [-0.3, -0.25) is 0 Å². The van der Waals surface area contributed by atoms with Gasteiger partial charge in [0.25, 0.3) is 0 Å². The van der Waals surface area contributed by atoms with Gasteiger partial charge in [0.2, 0.25) is 0 Å². The Kier molecular flexibility index (Phi) is 54.9. The molecule has 0 aliphatic carbocycles. The Morgan fingerprint density at radius 2 is 1.68 bits per heavy atom. The van der Waals surface area contributed by atoms with Gasteiger partial charge in [0, 0.05) is 23.1 Å². The molecule has 1 N–H and O–H groups in total. The summed E-state index contributed by atoms with van der Waals surface area (Å²) in [4.78, 5) is 10.7. The van der Waals surface area contributed by atoms with Crippen LogP contribution in [0.4, 0.5) is 0 Å². The third-order valence-electron chi connectivity index (χ3n) is 1.79. The fraction of sp³-hybridized carbons (Fsp3) is 0.429. The smallest absolute Gasteiger partial charge is 0 e. The number of aliphatic hydroxyl groups excluding tert-OH is 1. The Bertz CT molecular complexity index is 322. The second-order valence-electron chi connectivity index (χ2n) is 3.05. The molecule has 124 valence electrons. The van der Waals surface area contributed by atoms with Crippen molar-refractivity contribution in [1.82, 2.24) is 0 Å². The maximum absolute atomic E-state index is 10.7. The zero-order valence-electron chi connectivity index (χ0n) is 12.0. The van der Waals surface area contributed by atoms with Crippen LogP contribution in [0.2, 0.25) is 0 Å². The molecule has 1 atom stereocenters. The number of ether oxygens (including phenoxy) is 1. The number of allylic oxidation sites excluding steroid dienone is 2. The summed E-state index contributed by atoms with van der Waals surface area (Å²) in [6.45, 7) is 13.5. The monoisotopic (exact) mass is 370 g/mol. The number of esters is 1. The van der Waals surface area contributed by atoms with Gasteiger partial charge in [-0.25, -0.2) is 4.79 Å². The van der Waals surface area contributed by atoms with E-state index in [1.807, 2.05) is 0 Å². The van der Waals surface area contributed by atoms with Crippen LogP contribution in [0.25, 0.3) is 0 Å². The third kappa shape index (κ3) is 36.4. The first kappa shape index (κ1) is 32.8. The van der Waals surface area contributed by atoms with Crippen molar-refractivity contribution < 1.29 is 45.7 Å². The number of carbonyl (C=O) groups excluding carboxylic acids is 1. The second kappa shape index (κ2) is 36.8.